The van der Waals surface area contributed by atoms with Crippen LogP contribution in [0.4, 0.5) is 5.69 Å². The first kappa shape index (κ1) is 20.2. The number of rotatable bonds is 8. The lowest BCUT2D eigenvalue weighted by molar-refractivity contribution is -0.118. The van der Waals surface area contributed by atoms with Crippen LogP contribution in [0.15, 0.2) is 77.3 Å². The molecular weight excluding hydrogens is 442 g/mol. The Bertz CT molecular complexity index is 934. The first-order chi connectivity index (χ1) is 13.6. The summed E-state index contributed by atoms with van der Waals surface area (Å²) in [5.74, 6) is 0.879. The van der Waals surface area contributed by atoms with Crippen molar-refractivity contribution in [2.45, 2.75) is 6.42 Å². The molecule has 4 nitrogen and oxygen atoms in total. The Balaban J connectivity index is 1.48. The molecule has 144 valence electrons. The summed E-state index contributed by atoms with van der Waals surface area (Å²) >= 11 is 9.41. The number of hydrogen-bond donors (Lipinski definition) is 1. The highest BCUT2D eigenvalue weighted by molar-refractivity contribution is 9.10. The van der Waals surface area contributed by atoms with Crippen LogP contribution in [0.25, 0.3) is 0 Å². The number of nitrogens with one attached hydrogen (secondary N) is 1. The summed E-state index contributed by atoms with van der Waals surface area (Å²) < 4.78 is 12.1. The van der Waals surface area contributed by atoms with Gasteiger partial charge in [-0.15, -0.1) is 0 Å². The molecule has 0 spiro atoms. The largest absolute Gasteiger partial charge is 0.493 e. The van der Waals surface area contributed by atoms with E-state index in [9.17, 15) is 4.79 Å². The molecule has 0 atom stereocenters. The van der Waals surface area contributed by atoms with Gasteiger partial charge in [0.2, 0.25) is 0 Å². The van der Waals surface area contributed by atoms with Crippen molar-refractivity contribution < 1.29 is 14.3 Å². The smallest absolute Gasteiger partial charge is 0.262 e. The third kappa shape index (κ3) is 6.29. The van der Waals surface area contributed by atoms with Crippen LogP contribution in [0, 0.1) is 0 Å². The number of ether oxygens (including phenoxy) is 2. The van der Waals surface area contributed by atoms with E-state index in [2.05, 4.69) is 33.4 Å². The normalized spacial score (nSPS) is 10.4. The lowest BCUT2D eigenvalue weighted by Crippen LogP contribution is -2.20. The number of carbonyl (C=O) groups is 1. The van der Waals surface area contributed by atoms with Crippen LogP contribution in [0.3, 0.4) is 0 Å². The predicted octanol–water partition coefficient (Wildman–Crippen LogP) is 5.74. The van der Waals surface area contributed by atoms with Gasteiger partial charge in [-0.05, 0) is 35.9 Å². The maximum atomic E-state index is 12.1. The van der Waals surface area contributed by atoms with E-state index in [0.29, 0.717) is 28.8 Å². The zero-order chi connectivity index (χ0) is 19.8. The summed E-state index contributed by atoms with van der Waals surface area (Å²) in [7, 11) is 0. The zero-order valence-corrected chi connectivity index (χ0v) is 17.4. The summed E-state index contributed by atoms with van der Waals surface area (Å²) in [6, 6.07) is 22.6. The molecule has 0 bridgehead atoms. The standard InChI is InChI=1S/C22H19BrClNO3/c23-17-9-10-21(20(24)13-17)28-15-22(26)25-18-7-4-8-19(14-18)27-12-11-16-5-2-1-3-6-16/h1-10,13-14H,11-12,15H2,(H,25,26). The molecule has 28 heavy (non-hydrogen) atoms. The van der Waals surface area contributed by atoms with Gasteiger partial charge in [-0.25, -0.2) is 0 Å². The molecule has 1 N–H and O–H groups in total. The van der Waals surface area contributed by atoms with Crippen molar-refractivity contribution in [1.29, 1.82) is 0 Å². The predicted molar refractivity (Wildman–Crippen MR) is 115 cm³/mol. The van der Waals surface area contributed by atoms with Crippen LogP contribution < -0.4 is 14.8 Å². The van der Waals surface area contributed by atoms with Gasteiger partial charge in [0.1, 0.15) is 11.5 Å². The molecular formula is C22H19BrClNO3. The van der Waals surface area contributed by atoms with Crippen LogP contribution in [-0.2, 0) is 11.2 Å². The summed E-state index contributed by atoms with van der Waals surface area (Å²) in [4.78, 5) is 12.1. The highest BCUT2D eigenvalue weighted by atomic mass is 79.9. The fraction of sp³-hybridized carbons (Fsp3) is 0.136. The Morgan fingerprint density at radius 3 is 2.57 bits per heavy atom. The molecule has 6 heteroatoms. The quantitative estimate of drug-likeness (QED) is 0.466. The number of amides is 1. The molecule has 0 fully saturated rings. The number of carbonyl (C=O) groups excluding carboxylic acids is 1. The Morgan fingerprint density at radius 1 is 0.964 bits per heavy atom. The number of anilines is 1. The van der Waals surface area contributed by atoms with Gasteiger partial charge in [0.25, 0.3) is 5.91 Å². The van der Waals surface area contributed by atoms with Crippen LogP contribution in [0.2, 0.25) is 5.02 Å². The summed E-state index contributed by atoms with van der Waals surface area (Å²) in [5.41, 5.74) is 1.86. The molecule has 1 amide bonds. The van der Waals surface area contributed by atoms with Gasteiger partial charge in [-0.3, -0.25) is 4.79 Å². The molecule has 3 aromatic rings. The van der Waals surface area contributed by atoms with Gasteiger partial charge in [0, 0.05) is 22.6 Å². The first-order valence-electron chi connectivity index (χ1n) is 8.74. The van der Waals surface area contributed by atoms with E-state index >= 15 is 0 Å². The Kier molecular flexibility index (Phi) is 7.34. The van der Waals surface area contributed by atoms with Gasteiger partial charge in [0.05, 0.1) is 11.6 Å². The maximum absolute atomic E-state index is 12.1. The van der Waals surface area contributed by atoms with E-state index < -0.39 is 0 Å². The Hall–Kier alpha value is -2.50. The van der Waals surface area contributed by atoms with Gasteiger partial charge in [-0.2, -0.15) is 0 Å². The molecule has 0 saturated heterocycles. The Labute approximate surface area is 177 Å². The molecule has 0 aromatic heterocycles. The minimum Gasteiger partial charge on any atom is -0.493 e. The fourth-order valence-electron chi connectivity index (χ4n) is 2.53. The van der Waals surface area contributed by atoms with Gasteiger partial charge < -0.3 is 14.8 Å². The van der Waals surface area contributed by atoms with Gasteiger partial charge in [0.15, 0.2) is 6.61 Å². The minimum atomic E-state index is -0.277. The molecule has 0 unspecified atom stereocenters. The first-order valence-corrected chi connectivity index (χ1v) is 9.92. The number of hydrogen-bond acceptors (Lipinski definition) is 3. The number of benzene rings is 3. The maximum Gasteiger partial charge on any atom is 0.262 e. The van der Waals surface area contributed by atoms with Crippen LogP contribution in [0.5, 0.6) is 11.5 Å². The lowest BCUT2D eigenvalue weighted by Gasteiger charge is -2.11. The van der Waals surface area contributed by atoms with E-state index in [4.69, 9.17) is 21.1 Å². The van der Waals surface area contributed by atoms with Crippen molar-refractivity contribution in [3.05, 3.63) is 87.9 Å². The van der Waals surface area contributed by atoms with Gasteiger partial charge >= 0.3 is 0 Å². The third-order valence-corrected chi connectivity index (χ3v) is 4.66. The molecule has 0 aliphatic rings. The average Bonchev–Trinajstić information content (AvgIpc) is 2.68. The fourth-order valence-corrected chi connectivity index (χ4v) is 3.26. The van der Waals surface area contributed by atoms with Crippen molar-refractivity contribution in [3.63, 3.8) is 0 Å². The average molecular weight is 461 g/mol. The van der Waals surface area contributed by atoms with Crippen LogP contribution in [0.1, 0.15) is 5.56 Å². The molecule has 0 aliphatic carbocycles. The summed E-state index contributed by atoms with van der Waals surface area (Å²) in [5, 5.41) is 3.24. The second-order valence-corrected chi connectivity index (χ2v) is 7.35. The second kappa shape index (κ2) is 10.2. The van der Waals surface area contributed by atoms with E-state index in [1.807, 2.05) is 30.3 Å². The monoisotopic (exact) mass is 459 g/mol. The van der Waals surface area contributed by atoms with Crippen molar-refractivity contribution in [2.24, 2.45) is 0 Å². The van der Waals surface area contributed by atoms with Crippen LogP contribution >= 0.6 is 27.5 Å². The topological polar surface area (TPSA) is 47.6 Å². The van der Waals surface area contributed by atoms with E-state index in [-0.39, 0.29) is 12.5 Å². The summed E-state index contributed by atoms with van der Waals surface area (Å²) in [6.45, 7) is 0.424. The van der Waals surface area contributed by atoms with Crippen molar-refractivity contribution >= 4 is 39.1 Å². The van der Waals surface area contributed by atoms with Crippen molar-refractivity contribution in [3.8, 4) is 11.5 Å². The second-order valence-electron chi connectivity index (χ2n) is 6.02. The molecule has 0 aliphatic heterocycles. The molecule has 0 saturated carbocycles. The highest BCUT2D eigenvalue weighted by Crippen LogP contribution is 2.27. The highest BCUT2D eigenvalue weighted by Gasteiger charge is 2.07. The molecule has 0 radical (unpaired) electrons. The summed E-state index contributed by atoms with van der Waals surface area (Å²) in [6.07, 6.45) is 0.819. The van der Waals surface area contributed by atoms with E-state index in [0.717, 1.165) is 10.9 Å². The molecule has 3 rings (SSSR count). The SMILES string of the molecule is O=C(COc1ccc(Br)cc1Cl)Nc1cccc(OCCc2ccccc2)c1. The minimum absolute atomic E-state index is 0.138. The lowest BCUT2D eigenvalue weighted by atomic mass is 10.2. The van der Waals surface area contributed by atoms with Crippen LogP contribution in [-0.4, -0.2) is 19.1 Å². The van der Waals surface area contributed by atoms with Gasteiger partial charge in [-0.1, -0.05) is 63.9 Å². The Morgan fingerprint density at radius 2 is 1.79 bits per heavy atom. The third-order valence-electron chi connectivity index (χ3n) is 3.87. The molecule has 3 aromatic carbocycles. The number of halogens is 2. The van der Waals surface area contributed by atoms with Crippen molar-refractivity contribution in [2.75, 3.05) is 18.5 Å². The molecule has 0 heterocycles. The zero-order valence-electron chi connectivity index (χ0n) is 15.0. The van der Waals surface area contributed by atoms with E-state index in [1.165, 1.54) is 5.56 Å². The van der Waals surface area contributed by atoms with E-state index in [1.54, 1.807) is 30.3 Å². The van der Waals surface area contributed by atoms with Crippen molar-refractivity contribution in [1.82, 2.24) is 0 Å².